The van der Waals surface area contributed by atoms with Crippen LogP contribution >= 0.6 is 11.6 Å². The molecule has 0 radical (unpaired) electrons. The number of benzene rings is 1. The number of hydrogen-bond donors (Lipinski definition) is 5. The van der Waals surface area contributed by atoms with E-state index in [0.29, 0.717) is 47.7 Å². The number of carbonyl (C=O) groups excluding carboxylic acids is 1. The summed E-state index contributed by atoms with van der Waals surface area (Å²) in [6.07, 6.45) is 7.10. The van der Waals surface area contributed by atoms with Crippen LogP contribution in [0.25, 0.3) is 0 Å². The van der Waals surface area contributed by atoms with E-state index in [4.69, 9.17) is 22.7 Å². The number of allylic oxidation sites excluding steroid dienone is 1. The molecule has 7 heteroatoms. The molecule has 1 saturated heterocycles. The van der Waals surface area contributed by atoms with Crippen LogP contribution in [0.3, 0.4) is 0 Å². The van der Waals surface area contributed by atoms with E-state index in [0.717, 1.165) is 44.1 Å². The van der Waals surface area contributed by atoms with Crippen LogP contribution in [0.5, 0.6) is 0 Å². The summed E-state index contributed by atoms with van der Waals surface area (Å²) in [7, 11) is 0. The number of hydrogen-bond acceptors (Lipinski definition) is 5. The highest BCUT2D eigenvalue weighted by atomic mass is 35.5. The lowest BCUT2D eigenvalue weighted by Gasteiger charge is -2.26. The van der Waals surface area contributed by atoms with Gasteiger partial charge in [-0.25, -0.2) is 0 Å². The Morgan fingerprint density at radius 2 is 2.00 bits per heavy atom. The molecule has 2 fully saturated rings. The van der Waals surface area contributed by atoms with Crippen molar-refractivity contribution in [3.63, 3.8) is 0 Å². The first-order valence-electron chi connectivity index (χ1n) is 10.5. The predicted molar refractivity (Wildman–Crippen MR) is 116 cm³/mol. The second-order valence-corrected chi connectivity index (χ2v) is 8.61. The summed E-state index contributed by atoms with van der Waals surface area (Å²) in [5.74, 6) is 0.159. The van der Waals surface area contributed by atoms with Crippen molar-refractivity contribution in [1.29, 1.82) is 5.41 Å². The Morgan fingerprint density at radius 3 is 2.66 bits per heavy atom. The number of nitrogens with one attached hydrogen (secondary N) is 3. The molecule has 1 saturated carbocycles. The van der Waals surface area contributed by atoms with Crippen molar-refractivity contribution in [2.45, 2.75) is 70.2 Å². The van der Waals surface area contributed by atoms with Crippen LogP contribution in [-0.4, -0.2) is 29.0 Å². The van der Waals surface area contributed by atoms with Crippen LogP contribution < -0.4 is 16.4 Å². The van der Waals surface area contributed by atoms with E-state index in [1.54, 1.807) is 12.1 Å². The van der Waals surface area contributed by atoms with Crippen LogP contribution in [0.1, 0.15) is 56.9 Å². The molecule has 0 bridgehead atoms. The SMILES string of the molecule is N=C1CC(CCC[C@H]2CCC(O)N2)CCC1=C(N)C(=O)NCc1ccc(Cl)cc1. The molecular formula is C22H31ClN4O2. The van der Waals surface area contributed by atoms with E-state index in [9.17, 15) is 9.90 Å². The van der Waals surface area contributed by atoms with Gasteiger partial charge in [-0.15, -0.1) is 0 Å². The first-order valence-corrected chi connectivity index (χ1v) is 10.8. The molecule has 1 aliphatic carbocycles. The lowest BCUT2D eigenvalue weighted by molar-refractivity contribution is -0.117. The van der Waals surface area contributed by atoms with Crippen molar-refractivity contribution in [1.82, 2.24) is 10.6 Å². The van der Waals surface area contributed by atoms with Crippen molar-refractivity contribution in [2.24, 2.45) is 11.7 Å². The highest BCUT2D eigenvalue weighted by Crippen LogP contribution is 2.31. The topological polar surface area (TPSA) is 111 Å². The summed E-state index contributed by atoms with van der Waals surface area (Å²) < 4.78 is 0. The Labute approximate surface area is 177 Å². The summed E-state index contributed by atoms with van der Waals surface area (Å²) in [4.78, 5) is 12.4. The molecule has 6 N–H and O–H groups in total. The summed E-state index contributed by atoms with van der Waals surface area (Å²) in [5.41, 5.74) is 8.39. The molecule has 29 heavy (non-hydrogen) atoms. The fraction of sp³-hybridized carbons (Fsp3) is 0.545. The average Bonchev–Trinajstić information content (AvgIpc) is 3.12. The molecular weight excluding hydrogens is 388 g/mol. The van der Waals surface area contributed by atoms with E-state index in [1.165, 1.54) is 0 Å². The Bertz CT molecular complexity index is 763. The molecule has 3 rings (SSSR count). The summed E-state index contributed by atoms with van der Waals surface area (Å²) in [5, 5.41) is 24.6. The van der Waals surface area contributed by atoms with E-state index in [-0.39, 0.29) is 17.8 Å². The minimum absolute atomic E-state index is 0.173. The Balaban J connectivity index is 1.44. The Morgan fingerprint density at radius 1 is 1.24 bits per heavy atom. The second kappa shape index (κ2) is 10.2. The second-order valence-electron chi connectivity index (χ2n) is 8.18. The molecule has 1 aliphatic heterocycles. The fourth-order valence-corrected chi connectivity index (χ4v) is 4.38. The maximum absolute atomic E-state index is 12.4. The number of halogens is 1. The third kappa shape index (κ3) is 6.29. The molecule has 1 aromatic carbocycles. The average molecular weight is 419 g/mol. The molecule has 0 aromatic heterocycles. The highest BCUT2D eigenvalue weighted by Gasteiger charge is 2.26. The lowest BCUT2D eigenvalue weighted by Crippen LogP contribution is -2.32. The molecule has 2 aliphatic rings. The van der Waals surface area contributed by atoms with Gasteiger partial charge in [-0.1, -0.05) is 36.6 Å². The zero-order chi connectivity index (χ0) is 20.8. The van der Waals surface area contributed by atoms with Gasteiger partial charge in [0.25, 0.3) is 5.91 Å². The van der Waals surface area contributed by atoms with Gasteiger partial charge in [-0.05, 0) is 62.1 Å². The molecule has 158 valence electrons. The Hall–Kier alpha value is -1.89. The van der Waals surface area contributed by atoms with Gasteiger partial charge in [-0.2, -0.15) is 0 Å². The quantitative estimate of drug-likeness (QED) is 0.437. The van der Waals surface area contributed by atoms with Crippen molar-refractivity contribution in [2.75, 3.05) is 0 Å². The third-order valence-corrected chi connectivity index (χ3v) is 6.23. The van der Waals surface area contributed by atoms with Gasteiger partial charge in [0.05, 0.1) is 0 Å². The monoisotopic (exact) mass is 418 g/mol. The number of aliphatic hydroxyl groups excluding tert-OH is 1. The highest BCUT2D eigenvalue weighted by molar-refractivity contribution is 6.30. The first-order chi connectivity index (χ1) is 13.9. The van der Waals surface area contributed by atoms with Crippen LogP contribution in [-0.2, 0) is 11.3 Å². The molecule has 1 amide bonds. The Kier molecular flexibility index (Phi) is 7.70. The zero-order valence-corrected chi connectivity index (χ0v) is 17.5. The summed E-state index contributed by atoms with van der Waals surface area (Å²) in [6, 6.07) is 7.71. The van der Waals surface area contributed by atoms with Gasteiger partial charge < -0.3 is 21.6 Å². The number of carbonyl (C=O) groups is 1. The van der Waals surface area contributed by atoms with Crippen LogP contribution in [0, 0.1) is 11.3 Å². The molecule has 1 heterocycles. The van der Waals surface area contributed by atoms with Gasteiger partial charge in [0.2, 0.25) is 0 Å². The minimum Gasteiger partial charge on any atom is -0.394 e. The summed E-state index contributed by atoms with van der Waals surface area (Å²) in [6.45, 7) is 0.379. The summed E-state index contributed by atoms with van der Waals surface area (Å²) >= 11 is 5.87. The van der Waals surface area contributed by atoms with Crippen LogP contribution in [0.2, 0.25) is 5.02 Å². The van der Waals surface area contributed by atoms with Crippen LogP contribution in [0.15, 0.2) is 35.5 Å². The van der Waals surface area contributed by atoms with Crippen molar-refractivity contribution in [3.8, 4) is 0 Å². The number of amides is 1. The fourth-order valence-electron chi connectivity index (χ4n) is 4.25. The van der Waals surface area contributed by atoms with Gasteiger partial charge in [0.1, 0.15) is 11.9 Å². The predicted octanol–water partition coefficient (Wildman–Crippen LogP) is 3.23. The standard InChI is InChI=1S/C22H31ClN4O2/c23-16-7-4-15(5-8-16)13-26-22(29)21(25)18-10-6-14(12-19(18)24)2-1-3-17-9-11-20(28)27-17/h4-5,7-8,14,17,20,24,27-28H,1-3,6,9-13,25H2,(H,26,29)/t14?,17-,20?/m0/s1. The molecule has 3 atom stereocenters. The van der Waals surface area contributed by atoms with Crippen molar-refractivity contribution < 1.29 is 9.90 Å². The van der Waals surface area contributed by atoms with E-state index < -0.39 is 0 Å². The maximum Gasteiger partial charge on any atom is 0.267 e. The van der Waals surface area contributed by atoms with E-state index in [2.05, 4.69) is 10.6 Å². The molecule has 6 nitrogen and oxygen atoms in total. The van der Waals surface area contributed by atoms with Gasteiger partial charge in [-0.3, -0.25) is 10.1 Å². The number of nitrogens with two attached hydrogens (primary N) is 1. The van der Waals surface area contributed by atoms with E-state index in [1.807, 2.05) is 12.1 Å². The first kappa shape index (κ1) is 21.8. The molecule has 0 spiro atoms. The van der Waals surface area contributed by atoms with Gasteiger partial charge in [0.15, 0.2) is 0 Å². The van der Waals surface area contributed by atoms with E-state index >= 15 is 0 Å². The third-order valence-electron chi connectivity index (χ3n) is 5.98. The van der Waals surface area contributed by atoms with Crippen molar-refractivity contribution in [3.05, 3.63) is 46.1 Å². The van der Waals surface area contributed by atoms with Gasteiger partial charge in [0, 0.05) is 28.9 Å². The largest absolute Gasteiger partial charge is 0.394 e. The number of rotatable bonds is 7. The smallest absolute Gasteiger partial charge is 0.267 e. The van der Waals surface area contributed by atoms with Crippen molar-refractivity contribution >= 4 is 23.2 Å². The maximum atomic E-state index is 12.4. The van der Waals surface area contributed by atoms with Gasteiger partial charge >= 0.3 is 0 Å². The zero-order valence-electron chi connectivity index (χ0n) is 16.7. The minimum atomic E-state index is -0.343. The normalized spacial score (nSPS) is 26.4. The molecule has 1 aromatic rings. The lowest BCUT2D eigenvalue weighted by atomic mass is 9.80. The number of aliphatic hydroxyl groups is 1. The molecule has 2 unspecified atom stereocenters. The van der Waals surface area contributed by atoms with Crippen LogP contribution in [0.4, 0.5) is 0 Å².